The van der Waals surface area contributed by atoms with Gasteiger partial charge in [0.05, 0.1) is 16.8 Å². The average molecular weight is 456 g/mol. The Morgan fingerprint density at radius 3 is 2.61 bits per heavy atom. The van der Waals surface area contributed by atoms with E-state index in [2.05, 4.69) is 9.97 Å². The lowest BCUT2D eigenvalue weighted by Crippen LogP contribution is -2.35. The molecule has 0 unspecified atom stereocenters. The van der Waals surface area contributed by atoms with Crippen LogP contribution in [0.5, 0.6) is 0 Å². The molecule has 3 heterocycles. The molecular weight excluding hydrogens is 434 g/mol. The number of sulfonamides is 1. The van der Waals surface area contributed by atoms with Crippen LogP contribution >= 0.6 is 11.8 Å². The largest absolute Gasteiger partial charge is 0.440 e. The molecule has 31 heavy (non-hydrogen) atoms. The van der Waals surface area contributed by atoms with E-state index in [-0.39, 0.29) is 4.90 Å². The average Bonchev–Trinajstić information content (AvgIpc) is 3.45. The molecule has 0 atom stereocenters. The van der Waals surface area contributed by atoms with Crippen molar-refractivity contribution in [3.8, 4) is 11.3 Å². The van der Waals surface area contributed by atoms with Crippen molar-refractivity contribution in [2.45, 2.75) is 35.1 Å². The van der Waals surface area contributed by atoms with Crippen LogP contribution in [0, 0.1) is 0 Å². The third kappa shape index (κ3) is 4.26. The number of oxazole rings is 2. The fourth-order valence-corrected chi connectivity index (χ4v) is 5.83. The number of piperidine rings is 1. The lowest BCUT2D eigenvalue weighted by atomic mass is 10.2. The van der Waals surface area contributed by atoms with Crippen LogP contribution in [0.4, 0.5) is 0 Å². The van der Waals surface area contributed by atoms with E-state index in [1.807, 2.05) is 30.3 Å². The summed E-state index contributed by atoms with van der Waals surface area (Å²) < 4.78 is 39.0. The molecule has 1 aliphatic heterocycles. The van der Waals surface area contributed by atoms with E-state index in [4.69, 9.17) is 8.83 Å². The maximum absolute atomic E-state index is 12.9. The van der Waals surface area contributed by atoms with E-state index in [0.29, 0.717) is 46.8 Å². The molecule has 0 spiro atoms. The highest BCUT2D eigenvalue weighted by Crippen LogP contribution is 2.30. The Morgan fingerprint density at radius 2 is 1.81 bits per heavy atom. The molecule has 160 valence electrons. The molecule has 2 aromatic carbocycles. The molecule has 0 bridgehead atoms. The van der Waals surface area contributed by atoms with E-state index in [0.717, 1.165) is 24.8 Å². The number of fused-ring (bicyclic) bond motifs is 1. The molecule has 0 N–H and O–H groups in total. The monoisotopic (exact) mass is 455 g/mol. The topological polar surface area (TPSA) is 89.4 Å². The molecule has 5 rings (SSSR count). The quantitative estimate of drug-likeness (QED) is 0.380. The van der Waals surface area contributed by atoms with Crippen LogP contribution < -0.4 is 0 Å². The van der Waals surface area contributed by atoms with Gasteiger partial charge >= 0.3 is 0 Å². The maximum atomic E-state index is 12.9. The fourth-order valence-electron chi connectivity index (χ4n) is 3.60. The smallest absolute Gasteiger partial charge is 0.257 e. The van der Waals surface area contributed by atoms with Gasteiger partial charge in [-0.2, -0.15) is 4.31 Å². The minimum absolute atomic E-state index is 0.256. The van der Waals surface area contributed by atoms with Crippen molar-refractivity contribution in [1.29, 1.82) is 0 Å². The van der Waals surface area contributed by atoms with Gasteiger partial charge in [-0.3, -0.25) is 0 Å². The molecule has 9 heteroatoms. The van der Waals surface area contributed by atoms with E-state index < -0.39 is 10.0 Å². The molecule has 2 aromatic heterocycles. The summed E-state index contributed by atoms with van der Waals surface area (Å²) in [5.41, 5.74) is 2.05. The van der Waals surface area contributed by atoms with Crippen LogP contribution in [0.15, 0.2) is 73.7 Å². The van der Waals surface area contributed by atoms with Gasteiger partial charge < -0.3 is 8.83 Å². The molecule has 1 aliphatic rings. The first-order valence-electron chi connectivity index (χ1n) is 10.1. The number of thioether (sulfide) groups is 1. The standard InChI is InChI=1S/C22H21N3O4S2/c26-31(27,25-11-5-2-6-12-25)17-9-10-19-18(13-17)24-22(29-19)30-15-21-23-14-20(28-21)16-7-3-1-4-8-16/h1,3-4,7-10,13-14H,2,5-6,11-12,15H2. The van der Waals surface area contributed by atoms with Crippen molar-refractivity contribution < 1.29 is 17.3 Å². The molecule has 4 aromatic rings. The summed E-state index contributed by atoms with van der Waals surface area (Å²) in [4.78, 5) is 9.03. The molecule has 0 aliphatic carbocycles. The Hall–Kier alpha value is -2.62. The number of aromatic nitrogens is 2. The summed E-state index contributed by atoms with van der Waals surface area (Å²) >= 11 is 1.36. The van der Waals surface area contributed by atoms with Gasteiger partial charge in [-0.15, -0.1) is 0 Å². The zero-order chi connectivity index (χ0) is 21.3. The molecule has 0 saturated carbocycles. The van der Waals surface area contributed by atoms with Gasteiger partial charge in [-0.25, -0.2) is 18.4 Å². The third-order valence-corrected chi connectivity index (χ3v) is 7.93. The Labute approximate surface area is 184 Å². The second-order valence-corrected chi connectivity index (χ2v) is 10.2. The number of hydrogen-bond acceptors (Lipinski definition) is 7. The minimum atomic E-state index is -3.50. The van der Waals surface area contributed by atoms with Crippen LogP contribution in [0.2, 0.25) is 0 Å². The van der Waals surface area contributed by atoms with Crippen molar-refractivity contribution in [2.24, 2.45) is 0 Å². The first-order valence-corrected chi connectivity index (χ1v) is 12.6. The molecule has 1 fully saturated rings. The predicted octanol–water partition coefficient (Wildman–Crippen LogP) is 4.95. The van der Waals surface area contributed by atoms with Gasteiger partial charge in [0.1, 0.15) is 5.52 Å². The minimum Gasteiger partial charge on any atom is -0.440 e. The first-order chi connectivity index (χ1) is 15.1. The van der Waals surface area contributed by atoms with E-state index in [9.17, 15) is 8.42 Å². The van der Waals surface area contributed by atoms with Crippen LogP contribution in [0.25, 0.3) is 22.4 Å². The van der Waals surface area contributed by atoms with Crippen molar-refractivity contribution in [3.05, 3.63) is 60.6 Å². The predicted molar refractivity (Wildman–Crippen MR) is 118 cm³/mol. The van der Waals surface area contributed by atoms with Gasteiger partial charge in [0.25, 0.3) is 5.22 Å². The van der Waals surface area contributed by atoms with Gasteiger partial charge in [0, 0.05) is 18.7 Å². The maximum Gasteiger partial charge on any atom is 0.257 e. The van der Waals surface area contributed by atoms with Gasteiger partial charge in [0.2, 0.25) is 15.9 Å². The highest BCUT2D eigenvalue weighted by atomic mass is 32.2. The zero-order valence-electron chi connectivity index (χ0n) is 16.7. The Morgan fingerprint density at radius 1 is 1.00 bits per heavy atom. The summed E-state index contributed by atoms with van der Waals surface area (Å²) in [7, 11) is -3.50. The summed E-state index contributed by atoms with van der Waals surface area (Å²) in [6.07, 6.45) is 4.58. The zero-order valence-corrected chi connectivity index (χ0v) is 18.4. The van der Waals surface area contributed by atoms with Crippen LogP contribution in [0.1, 0.15) is 25.2 Å². The lowest BCUT2D eigenvalue weighted by Gasteiger charge is -2.25. The highest BCUT2D eigenvalue weighted by molar-refractivity contribution is 7.98. The second kappa shape index (κ2) is 8.49. The van der Waals surface area contributed by atoms with Crippen LogP contribution in [-0.4, -0.2) is 35.8 Å². The normalized spacial score (nSPS) is 15.5. The van der Waals surface area contributed by atoms with Gasteiger partial charge in [0.15, 0.2) is 11.3 Å². The number of nitrogens with zero attached hydrogens (tertiary/aromatic N) is 3. The summed E-state index contributed by atoms with van der Waals surface area (Å²) in [6.45, 7) is 1.14. The fraction of sp³-hybridized carbons (Fsp3) is 0.273. The SMILES string of the molecule is O=S(=O)(c1ccc2oc(SCc3ncc(-c4ccccc4)o3)nc2c1)N1CCCCC1. The van der Waals surface area contributed by atoms with Crippen molar-refractivity contribution in [1.82, 2.24) is 14.3 Å². The Bertz CT molecular complexity index is 1290. The Kier molecular flexibility index (Phi) is 5.56. The molecule has 1 saturated heterocycles. The Balaban J connectivity index is 1.31. The molecule has 0 amide bonds. The molecule has 0 radical (unpaired) electrons. The summed E-state index contributed by atoms with van der Waals surface area (Å²) in [5.74, 6) is 1.74. The van der Waals surface area contributed by atoms with Crippen molar-refractivity contribution >= 4 is 32.9 Å². The first kappa shape index (κ1) is 20.3. The van der Waals surface area contributed by atoms with E-state index >= 15 is 0 Å². The molecule has 7 nitrogen and oxygen atoms in total. The highest BCUT2D eigenvalue weighted by Gasteiger charge is 2.26. The van der Waals surface area contributed by atoms with Crippen molar-refractivity contribution in [2.75, 3.05) is 13.1 Å². The van der Waals surface area contributed by atoms with E-state index in [1.54, 1.807) is 28.7 Å². The van der Waals surface area contributed by atoms with E-state index in [1.165, 1.54) is 11.8 Å². The second-order valence-electron chi connectivity index (χ2n) is 7.35. The molecular formula is C22H21N3O4S2. The third-order valence-electron chi connectivity index (χ3n) is 5.22. The summed E-state index contributed by atoms with van der Waals surface area (Å²) in [5, 5.41) is 0.446. The summed E-state index contributed by atoms with van der Waals surface area (Å²) in [6, 6.07) is 14.6. The van der Waals surface area contributed by atoms with Gasteiger partial charge in [-0.1, -0.05) is 48.5 Å². The number of hydrogen-bond donors (Lipinski definition) is 0. The number of rotatable bonds is 6. The van der Waals surface area contributed by atoms with Gasteiger partial charge in [-0.05, 0) is 31.0 Å². The number of benzene rings is 2. The van der Waals surface area contributed by atoms with Crippen LogP contribution in [0.3, 0.4) is 0 Å². The lowest BCUT2D eigenvalue weighted by molar-refractivity contribution is 0.346. The van der Waals surface area contributed by atoms with Crippen molar-refractivity contribution in [3.63, 3.8) is 0 Å². The van der Waals surface area contributed by atoms with Crippen LogP contribution in [-0.2, 0) is 15.8 Å².